The number of rotatable bonds is 5. The third-order valence-electron chi connectivity index (χ3n) is 5.08. The molecule has 30 heavy (non-hydrogen) atoms. The van der Waals surface area contributed by atoms with E-state index in [0.29, 0.717) is 18.7 Å². The van der Waals surface area contributed by atoms with Crippen molar-refractivity contribution < 1.29 is 9.59 Å². The van der Waals surface area contributed by atoms with E-state index >= 15 is 0 Å². The fraction of sp³-hybridized carbons (Fsp3) is 0.217. The molecule has 0 spiro atoms. The van der Waals surface area contributed by atoms with Gasteiger partial charge in [0.25, 0.3) is 5.91 Å². The van der Waals surface area contributed by atoms with Crippen LogP contribution in [0, 0.1) is 0 Å². The number of carbonyl (C=O) groups is 2. The number of amides is 2. The van der Waals surface area contributed by atoms with Crippen LogP contribution in [0.25, 0.3) is 16.5 Å². The minimum Gasteiger partial charge on any atom is -0.349 e. The van der Waals surface area contributed by atoms with E-state index in [0.717, 1.165) is 33.2 Å². The Labute approximate surface area is 188 Å². The minimum atomic E-state index is -0.0343. The zero-order valence-electron chi connectivity index (χ0n) is 16.2. The number of hydrogen-bond acceptors (Lipinski definition) is 4. The van der Waals surface area contributed by atoms with Crippen LogP contribution in [0.3, 0.4) is 0 Å². The van der Waals surface area contributed by atoms with E-state index in [4.69, 9.17) is 11.6 Å². The number of likely N-dealkylation sites (tertiary alicyclic amines) is 1. The van der Waals surface area contributed by atoms with E-state index in [2.05, 4.69) is 5.32 Å². The van der Waals surface area contributed by atoms with Crippen LogP contribution >= 0.6 is 34.3 Å². The molecule has 1 fully saturated rings. The van der Waals surface area contributed by atoms with Crippen molar-refractivity contribution in [1.29, 1.82) is 0 Å². The third kappa shape index (κ3) is 5.01. The Balaban J connectivity index is 1.29. The Hall–Kier alpha value is -2.41. The Morgan fingerprint density at radius 3 is 2.63 bits per heavy atom. The number of carbonyl (C=O) groups excluding carboxylic acids is 2. The molecule has 0 aliphatic carbocycles. The van der Waals surface area contributed by atoms with E-state index < -0.39 is 0 Å². The van der Waals surface area contributed by atoms with E-state index in [1.54, 1.807) is 17.4 Å². The summed E-state index contributed by atoms with van der Waals surface area (Å²) >= 11 is 9.39. The summed E-state index contributed by atoms with van der Waals surface area (Å²) in [5.41, 5.74) is 1.70. The van der Waals surface area contributed by atoms with Gasteiger partial charge in [0, 0.05) is 56.5 Å². The first kappa shape index (κ1) is 20.8. The molecule has 1 aliphatic heterocycles. The standard InChI is InChI=1S/C23H21ClN2O2S2/c24-20-4-2-1-3-19(20)21-7-5-18(30-21)6-8-22(27)26-12-9-17(10-13-26)25-23(28)16-11-14-29-15-16/h1-8,11,14-15,17H,9-10,12-13H2,(H,25,28)/b8-6+. The van der Waals surface area contributed by atoms with Crippen molar-refractivity contribution >= 4 is 52.2 Å². The van der Waals surface area contributed by atoms with Gasteiger partial charge in [0.2, 0.25) is 5.91 Å². The second-order valence-corrected chi connectivity index (χ2v) is 9.40. The molecule has 1 N–H and O–H groups in total. The lowest BCUT2D eigenvalue weighted by Crippen LogP contribution is -2.46. The Kier molecular flexibility index (Phi) is 6.67. The molecule has 7 heteroatoms. The highest BCUT2D eigenvalue weighted by molar-refractivity contribution is 7.16. The Morgan fingerprint density at radius 2 is 1.90 bits per heavy atom. The third-order valence-corrected chi connectivity index (χ3v) is 7.18. The van der Waals surface area contributed by atoms with E-state index in [1.165, 1.54) is 11.3 Å². The van der Waals surface area contributed by atoms with Gasteiger partial charge in [-0.3, -0.25) is 9.59 Å². The molecule has 4 nitrogen and oxygen atoms in total. The highest BCUT2D eigenvalue weighted by atomic mass is 35.5. The van der Waals surface area contributed by atoms with Crippen LogP contribution in [0.5, 0.6) is 0 Å². The molecule has 3 aromatic rings. The minimum absolute atomic E-state index is 0.00491. The second kappa shape index (κ2) is 9.60. The van der Waals surface area contributed by atoms with Gasteiger partial charge in [-0.1, -0.05) is 29.8 Å². The highest BCUT2D eigenvalue weighted by Gasteiger charge is 2.23. The molecule has 0 saturated carbocycles. The molecule has 1 saturated heterocycles. The van der Waals surface area contributed by atoms with Gasteiger partial charge in [-0.05, 0) is 48.6 Å². The number of nitrogens with zero attached hydrogens (tertiary/aromatic N) is 1. The maximum absolute atomic E-state index is 12.6. The van der Waals surface area contributed by atoms with Crippen molar-refractivity contribution in [3.8, 4) is 10.4 Å². The summed E-state index contributed by atoms with van der Waals surface area (Å²) in [6, 6.07) is 13.7. The van der Waals surface area contributed by atoms with Crippen LogP contribution in [0.2, 0.25) is 5.02 Å². The van der Waals surface area contributed by atoms with Gasteiger partial charge in [-0.25, -0.2) is 0 Å². The van der Waals surface area contributed by atoms with Crippen LogP contribution in [-0.2, 0) is 4.79 Å². The van der Waals surface area contributed by atoms with Crippen molar-refractivity contribution in [2.45, 2.75) is 18.9 Å². The fourth-order valence-corrected chi connectivity index (χ4v) is 5.29. The van der Waals surface area contributed by atoms with Crippen molar-refractivity contribution in [2.75, 3.05) is 13.1 Å². The van der Waals surface area contributed by atoms with Crippen molar-refractivity contribution in [3.05, 3.63) is 74.8 Å². The molecule has 4 rings (SSSR count). The first-order valence-corrected chi connectivity index (χ1v) is 11.9. The number of thiophene rings is 2. The van der Waals surface area contributed by atoms with Gasteiger partial charge in [0.1, 0.15) is 0 Å². The molecule has 0 atom stereocenters. The number of halogens is 1. The average Bonchev–Trinajstić information content (AvgIpc) is 3.45. The lowest BCUT2D eigenvalue weighted by atomic mass is 10.0. The normalized spacial score (nSPS) is 14.9. The van der Waals surface area contributed by atoms with Gasteiger partial charge in [0.15, 0.2) is 0 Å². The molecular weight excluding hydrogens is 436 g/mol. The van der Waals surface area contributed by atoms with Gasteiger partial charge >= 0.3 is 0 Å². The predicted octanol–water partition coefficient (Wildman–Crippen LogP) is 5.56. The predicted molar refractivity (Wildman–Crippen MR) is 125 cm³/mol. The van der Waals surface area contributed by atoms with Crippen molar-refractivity contribution in [2.24, 2.45) is 0 Å². The van der Waals surface area contributed by atoms with Gasteiger partial charge in [0.05, 0.1) is 0 Å². The summed E-state index contributed by atoms with van der Waals surface area (Å²) in [4.78, 5) is 28.7. The molecule has 2 aromatic heterocycles. The lowest BCUT2D eigenvalue weighted by Gasteiger charge is -2.31. The summed E-state index contributed by atoms with van der Waals surface area (Å²) < 4.78 is 0. The molecule has 0 bridgehead atoms. The van der Waals surface area contributed by atoms with E-state index in [1.807, 2.05) is 64.2 Å². The zero-order chi connectivity index (χ0) is 20.9. The second-order valence-electron chi connectivity index (χ2n) is 7.10. The topological polar surface area (TPSA) is 49.4 Å². The van der Waals surface area contributed by atoms with E-state index in [-0.39, 0.29) is 17.9 Å². The summed E-state index contributed by atoms with van der Waals surface area (Å²) in [6.07, 6.45) is 5.03. The molecule has 154 valence electrons. The van der Waals surface area contributed by atoms with Crippen LogP contribution < -0.4 is 5.32 Å². The average molecular weight is 457 g/mol. The summed E-state index contributed by atoms with van der Waals surface area (Å²) in [7, 11) is 0. The molecule has 1 aromatic carbocycles. The quantitative estimate of drug-likeness (QED) is 0.510. The maximum atomic E-state index is 12.6. The van der Waals surface area contributed by atoms with Crippen molar-refractivity contribution in [1.82, 2.24) is 10.2 Å². The zero-order valence-corrected chi connectivity index (χ0v) is 18.6. The summed E-state index contributed by atoms with van der Waals surface area (Å²) in [5, 5.41) is 7.53. The van der Waals surface area contributed by atoms with Crippen LogP contribution in [-0.4, -0.2) is 35.8 Å². The first-order valence-electron chi connectivity index (χ1n) is 9.75. The SMILES string of the molecule is O=C(NC1CCN(C(=O)/C=C/c2ccc(-c3ccccc3Cl)s2)CC1)c1ccsc1. The van der Waals surface area contributed by atoms with E-state index in [9.17, 15) is 9.59 Å². The summed E-state index contributed by atoms with van der Waals surface area (Å²) in [5.74, 6) is -0.0294. The molecule has 3 heterocycles. The molecule has 0 radical (unpaired) electrons. The monoisotopic (exact) mass is 456 g/mol. The largest absolute Gasteiger partial charge is 0.349 e. The number of hydrogen-bond donors (Lipinski definition) is 1. The number of piperidine rings is 1. The number of benzene rings is 1. The molecule has 2 amide bonds. The molecular formula is C23H21ClN2O2S2. The number of nitrogens with one attached hydrogen (secondary N) is 1. The lowest BCUT2D eigenvalue weighted by molar-refractivity contribution is -0.126. The van der Waals surface area contributed by atoms with Crippen LogP contribution in [0.15, 0.2) is 59.3 Å². The van der Waals surface area contributed by atoms with Gasteiger partial charge in [-0.15, -0.1) is 11.3 Å². The fourth-order valence-electron chi connectivity index (χ4n) is 3.41. The highest BCUT2D eigenvalue weighted by Crippen LogP contribution is 2.33. The molecule has 1 aliphatic rings. The summed E-state index contributed by atoms with van der Waals surface area (Å²) in [6.45, 7) is 1.29. The molecule has 0 unspecified atom stereocenters. The first-order chi connectivity index (χ1) is 14.6. The Morgan fingerprint density at radius 1 is 1.10 bits per heavy atom. The van der Waals surface area contributed by atoms with Gasteiger partial charge in [-0.2, -0.15) is 11.3 Å². The van der Waals surface area contributed by atoms with Crippen LogP contribution in [0.4, 0.5) is 0 Å². The smallest absolute Gasteiger partial charge is 0.252 e. The Bertz CT molecular complexity index is 1050. The van der Waals surface area contributed by atoms with Crippen molar-refractivity contribution in [3.63, 3.8) is 0 Å². The van der Waals surface area contributed by atoms with Gasteiger partial charge < -0.3 is 10.2 Å². The maximum Gasteiger partial charge on any atom is 0.252 e. The van der Waals surface area contributed by atoms with Crippen LogP contribution in [0.1, 0.15) is 28.1 Å².